The maximum absolute atomic E-state index is 12.2. The van der Waals surface area contributed by atoms with Gasteiger partial charge in [0.15, 0.2) is 11.9 Å². The number of ether oxygens (including phenoxy) is 1. The molecule has 0 aromatic heterocycles. The van der Waals surface area contributed by atoms with Crippen LogP contribution in [0.1, 0.15) is 108 Å². The predicted molar refractivity (Wildman–Crippen MR) is 114 cm³/mol. The number of unbranched alkanes of at least 4 members (excludes halogenated alkanes) is 9. The van der Waals surface area contributed by atoms with Gasteiger partial charge in [-0.15, -0.1) is 0 Å². The second-order valence-electron chi connectivity index (χ2n) is 7.61. The van der Waals surface area contributed by atoms with Gasteiger partial charge in [0.25, 0.3) is 0 Å². The highest BCUT2D eigenvalue weighted by molar-refractivity contribution is 5.96. The zero-order valence-corrected chi connectivity index (χ0v) is 17.8. The van der Waals surface area contributed by atoms with E-state index in [1.807, 2.05) is 0 Å². The van der Waals surface area contributed by atoms with Crippen molar-refractivity contribution in [3.63, 3.8) is 0 Å². The molecule has 0 spiro atoms. The first-order valence-electron chi connectivity index (χ1n) is 11.1. The van der Waals surface area contributed by atoms with Crippen molar-refractivity contribution in [3.8, 4) is 5.75 Å². The van der Waals surface area contributed by atoms with Crippen molar-refractivity contribution in [3.05, 3.63) is 29.8 Å². The number of carbonyl (C=O) groups is 2. The largest absolute Gasteiger partial charge is 0.479 e. The van der Waals surface area contributed by atoms with Crippen molar-refractivity contribution in [2.45, 2.75) is 103 Å². The Labute approximate surface area is 170 Å². The van der Waals surface area contributed by atoms with Crippen LogP contribution in [0.25, 0.3) is 0 Å². The van der Waals surface area contributed by atoms with Crippen LogP contribution in [0.2, 0.25) is 0 Å². The molecule has 1 atom stereocenters. The Morgan fingerprint density at radius 2 is 1.36 bits per heavy atom. The average molecular weight is 391 g/mol. The van der Waals surface area contributed by atoms with E-state index in [1.165, 1.54) is 38.5 Å². The minimum Gasteiger partial charge on any atom is -0.479 e. The van der Waals surface area contributed by atoms with Gasteiger partial charge >= 0.3 is 5.97 Å². The van der Waals surface area contributed by atoms with Crippen molar-refractivity contribution in [1.82, 2.24) is 0 Å². The molecule has 0 aliphatic heterocycles. The van der Waals surface area contributed by atoms with Crippen molar-refractivity contribution in [2.24, 2.45) is 0 Å². The fraction of sp³-hybridized carbons (Fsp3) is 0.667. The summed E-state index contributed by atoms with van der Waals surface area (Å²) in [5.41, 5.74) is 0.672. The molecule has 1 aromatic rings. The Kier molecular flexibility index (Phi) is 13.1. The van der Waals surface area contributed by atoms with E-state index < -0.39 is 12.1 Å². The lowest BCUT2D eigenvalue weighted by molar-refractivity contribution is -0.145. The van der Waals surface area contributed by atoms with Crippen molar-refractivity contribution in [1.29, 1.82) is 0 Å². The second kappa shape index (κ2) is 15.1. The molecular formula is C24H38O4. The Hall–Kier alpha value is -1.84. The van der Waals surface area contributed by atoms with Gasteiger partial charge in [-0.05, 0) is 43.5 Å². The monoisotopic (exact) mass is 390 g/mol. The Balaban J connectivity index is 2.40. The van der Waals surface area contributed by atoms with E-state index in [-0.39, 0.29) is 5.78 Å². The first kappa shape index (κ1) is 24.2. The number of carboxylic acid groups (broad SMARTS) is 1. The number of ketones is 1. The summed E-state index contributed by atoms with van der Waals surface area (Å²) >= 11 is 0. The summed E-state index contributed by atoms with van der Waals surface area (Å²) in [4.78, 5) is 23.7. The van der Waals surface area contributed by atoms with Crippen LogP contribution in [-0.4, -0.2) is 23.0 Å². The quantitative estimate of drug-likeness (QED) is 0.234. The van der Waals surface area contributed by atoms with Crippen LogP contribution >= 0.6 is 0 Å². The third-order valence-corrected chi connectivity index (χ3v) is 5.06. The highest BCUT2D eigenvalue weighted by Gasteiger charge is 2.19. The fourth-order valence-corrected chi connectivity index (χ4v) is 3.26. The normalized spacial score (nSPS) is 11.9. The Morgan fingerprint density at radius 3 is 1.93 bits per heavy atom. The van der Waals surface area contributed by atoms with Gasteiger partial charge in [-0.25, -0.2) is 4.79 Å². The van der Waals surface area contributed by atoms with Gasteiger partial charge in [-0.1, -0.05) is 71.6 Å². The summed E-state index contributed by atoms with van der Waals surface area (Å²) in [6.45, 7) is 4.36. The van der Waals surface area contributed by atoms with Crippen LogP contribution in [0, 0.1) is 0 Å². The molecular weight excluding hydrogens is 352 g/mol. The molecule has 0 fully saturated rings. The van der Waals surface area contributed by atoms with Crippen LogP contribution < -0.4 is 4.74 Å². The number of aliphatic carboxylic acids is 1. The lowest BCUT2D eigenvalue weighted by Crippen LogP contribution is -2.26. The molecule has 0 saturated carbocycles. The molecule has 1 N–H and O–H groups in total. The smallest absolute Gasteiger partial charge is 0.344 e. The highest BCUT2D eigenvalue weighted by atomic mass is 16.5. The standard InChI is InChI=1S/C24H38O4/c1-3-5-7-9-11-13-15-23(24(26)27)28-21-18-16-20(17-19-21)22(25)14-12-10-8-6-4-2/h16-19,23H,3-15H2,1-2H3,(H,26,27)/t23-/m1/s1. The maximum atomic E-state index is 12.2. The molecule has 0 saturated heterocycles. The predicted octanol–water partition coefficient (Wildman–Crippen LogP) is 6.81. The number of Topliss-reactive ketones (excluding diaryl/α,β-unsaturated/α-hetero) is 1. The van der Waals surface area contributed by atoms with Gasteiger partial charge in [0.1, 0.15) is 5.75 Å². The van der Waals surface area contributed by atoms with Gasteiger partial charge in [0, 0.05) is 12.0 Å². The Morgan fingerprint density at radius 1 is 0.821 bits per heavy atom. The molecule has 28 heavy (non-hydrogen) atoms. The Bertz CT molecular complexity index is 550. The molecule has 4 heteroatoms. The average Bonchev–Trinajstić information content (AvgIpc) is 2.69. The number of hydrogen-bond donors (Lipinski definition) is 1. The third-order valence-electron chi connectivity index (χ3n) is 5.06. The summed E-state index contributed by atoms with van der Waals surface area (Å²) in [5, 5.41) is 9.40. The van der Waals surface area contributed by atoms with Gasteiger partial charge in [-0.3, -0.25) is 4.79 Å². The van der Waals surface area contributed by atoms with Crippen molar-refractivity contribution >= 4 is 11.8 Å². The van der Waals surface area contributed by atoms with Gasteiger partial charge in [0.05, 0.1) is 0 Å². The van der Waals surface area contributed by atoms with Gasteiger partial charge < -0.3 is 9.84 Å². The van der Waals surface area contributed by atoms with E-state index in [0.29, 0.717) is 24.2 Å². The molecule has 0 bridgehead atoms. The van der Waals surface area contributed by atoms with Crippen LogP contribution in [0.3, 0.4) is 0 Å². The lowest BCUT2D eigenvalue weighted by atomic mass is 10.0. The highest BCUT2D eigenvalue weighted by Crippen LogP contribution is 2.19. The summed E-state index contributed by atoms with van der Waals surface area (Å²) in [7, 11) is 0. The van der Waals surface area contributed by atoms with Gasteiger partial charge in [0.2, 0.25) is 0 Å². The van der Waals surface area contributed by atoms with Crippen LogP contribution in [0.5, 0.6) is 5.75 Å². The molecule has 4 nitrogen and oxygen atoms in total. The minimum atomic E-state index is -0.930. The number of carboxylic acids is 1. The fourth-order valence-electron chi connectivity index (χ4n) is 3.26. The lowest BCUT2D eigenvalue weighted by Gasteiger charge is -2.15. The summed E-state index contributed by atoms with van der Waals surface area (Å²) in [5.74, 6) is -0.274. The zero-order chi connectivity index (χ0) is 20.6. The van der Waals surface area contributed by atoms with Crippen LogP contribution in [0.4, 0.5) is 0 Å². The van der Waals surface area contributed by atoms with Gasteiger partial charge in [-0.2, -0.15) is 0 Å². The third kappa shape index (κ3) is 10.5. The molecule has 1 rings (SSSR count). The molecule has 0 aliphatic rings. The SMILES string of the molecule is CCCCCCCC[C@@H](Oc1ccc(C(=O)CCCCCCC)cc1)C(=O)O. The number of rotatable bonds is 17. The molecule has 0 heterocycles. The molecule has 0 unspecified atom stereocenters. The second-order valence-corrected chi connectivity index (χ2v) is 7.61. The summed E-state index contributed by atoms with van der Waals surface area (Å²) in [6.07, 6.45) is 12.6. The molecule has 158 valence electrons. The van der Waals surface area contributed by atoms with E-state index in [4.69, 9.17) is 4.74 Å². The molecule has 0 aliphatic carbocycles. The van der Waals surface area contributed by atoms with E-state index in [2.05, 4.69) is 13.8 Å². The van der Waals surface area contributed by atoms with Crippen molar-refractivity contribution < 1.29 is 19.4 Å². The first-order chi connectivity index (χ1) is 13.6. The van der Waals surface area contributed by atoms with Crippen LogP contribution in [0.15, 0.2) is 24.3 Å². The van der Waals surface area contributed by atoms with Crippen LogP contribution in [-0.2, 0) is 4.79 Å². The zero-order valence-electron chi connectivity index (χ0n) is 17.8. The topological polar surface area (TPSA) is 63.6 Å². The van der Waals surface area contributed by atoms with E-state index in [0.717, 1.165) is 32.1 Å². The molecule has 1 aromatic carbocycles. The van der Waals surface area contributed by atoms with E-state index in [1.54, 1.807) is 24.3 Å². The molecule has 0 radical (unpaired) electrons. The maximum Gasteiger partial charge on any atom is 0.344 e. The van der Waals surface area contributed by atoms with E-state index >= 15 is 0 Å². The number of benzene rings is 1. The number of hydrogen-bond acceptors (Lipinski definition) is 3. The first-order valence-corrected chi connectivity index (χ1v) is 11.1. The van der Waals surface area contributed by atoms with Crippen molar-refractivity contribution in [2.75, 3.05) is 0 Å². The number of carbonyl (C=O) groups excluding carboxylic acids is 1. The molecule has 0 amide bonds. The summed E-state index contributed by atoms with van der Waals surface area (Å²) in [6, 6.07) is 6.91. The minimum absolute atomic E-state index is 0.143. The van der Waals surface area contributed by atoms with E-state index in [9.17, 15) is 14.7 Å². The summed E-state index contributed by atoms with van der Waals surface area (Å²) < 4.78 is 5.65.